The molecule has 0 spiro atoms. The fourth-order valence-electron chi connectivity index (χ4n) is 2.03. The van der Waals surface area contributed by atoms with E-state index in [2.05, 4.69) is 10.1 Å². The number of hydrogen-bond donors (Lipinski definition) is 0. The van der Waals surface area contributed by atoms with Gasteiger partial charge in [0.25, 0.3) is 0 Å². The molecule has 1 aromatic carbocycles. The summed E-state index contributed by atoms with van der Waals surface area (Å²) in [6, 6.07) is 4.90. The third-order valence-electron chi connectivity index (χ3n) is 3.18. The van der Waals surface area contributed by atoms with E-state index >= 15 is 0 Å². The zero-order valence-corrected chi connectivity index (χ0v) is 10.8. The van der Waals surface area contributed by atoms with E-state index < -0.39 is 5.54 Å². The van der Waals surface area contributed by atoms with Gasteiger partial charge in [-0.3, -0.25) is 4.79 Å². The number of aromatic nitrogens is 3. The quantitative estimate of drug-likeness (QED) is 0.813. The largest absolute Gasteiger partial charge is 0.291 e. The topological polar surface area (TPSA) is 47.8 Å². The Morgan fingerprint density at radius 3 is 2.67 bits per heavy atom. The number of rotatable bonds is 3. The number of halogens is 2. The molecule has 6 heteroatoms. The van der Waals surface area contributed by atoms with Gasteiger partial charge in [-0.2, -0.15) is 5.10 Å². The predicted octanol–water partition coefficient (Wildman–Crippen LogP) is 2.96. The average Bonchev–Trinajstić information content (AvgIpc) is 2.96. The van der Waals surface area contributed by atoms with E-state index in [0.29, 0.717) is 15.6 Å². The monoisotopic (exact) mass is 281 g/mol. The number of nitrogens with zero attached hydrogens (tertiary/aromatic N) is 3. The molecule has 0 radical (unpaired) electrons. The first kappa shape index (κ1) is 11.7. The lowest BCUT2D eigenvalue weighted by Gasteiger charge is -2.14. The summed E-state index contributed by atoms with van der Waals surface area (Å²) in [7, 11) is 0. The van der Waals surface area contributed by atoms with Gasteiger partial charge in [-0.25, -0.2) is 9.67 Å². The number of carbonyl (C=O) groups excluding carboxylic acids is 1. The van der Waals surface area contributed by atoms with Crippen LogP contribution in [0, 0.1) is 0 Å². The summed E-state index contributed by atoms with van der Waals surface area (Å²) in [5, 5.41) is 4.95. The molecule has 1 saturated carbocycles. The maximum absolute atomic E-state index is 12.5. The van der Waals surface area contributed by atoms with Gasteiger partial charge in [0, 0.05) is 10.6 Å². The van der Waals surface area contributed by atoms with Gasteiger partial charge < -0.3 is 0 Å². The van der Waals surface area contributed by atoms with Gasteiger partial charge in [0.1, 0.15) is 18.2 Å². The van der Waals surface area contributed by atoms with E-state index in [9.17, 15) is 4.79 Å². The molecule has 1 fully saturated rings. The van der Waals surface area contributed by atoms with Crippen molar-refractivity contribution in [2.24, 2.45) is 0 Å². The van der Waals surface area contributed by atoms with Crippen molar-refractivity contribution in [2.45, 2.75) is 18.4 Å². The molecule has 0 atom stereocenters. The summed E-state index contributed by atoms with van der Waals surface area (Å²) in [4.78, 5) is 16.4. The van der Waals surface area contributed by atoms with Crippen molar-refractivity contribution in [1.82, 2.24) is 14.8 Å². The van der Waals surface area contributed by atoms with Crippen molar-refractivity contribution in [3.63, 3.8) is 0 Å². The summed E-state index contributed by atoms with van der Waals surface area (Å²) in [6.07, 6.45) is 4.51. The van der Waals surface area contributed by atoms with Crippen LogP contribution in [0.15, 0.2) is 30.9 Å². The molecule has 4 nitrogen and oxygen atoms in total. The van der Waals surface area contributed by atoms with Gasteiger partial charge in [-0.1, -0.05) is 23.2 Å². The second-order valence-electron chi connectivity index (χ2n) is 4.32. The number of benzene rings is 1. The van der Waals surface area contributed by atoms with Crippen LogP contribution in [0.3, 0.4) is 0 Å². The van der Waals surface area contributed by atoms with Crippen molar-refractivity contribution in [3.05, 3.63) is 46.5 Å². The van der Waals surface area contributed by atoms with Crippen LogP contribution in [-0.2, 0) is 5.54 Å². The van der Waals surface area contributed by atoms with E-state index in [-0.39, 0.29) is 5.78 Å². The number of Topliss-reactive ketones (excluding diaryl/α,β-unsaturated/α-hetero) is 1. The highest BCUT2D eigenvalue weighted by Gasteiger charge is 2.53. The lowest BCUT2D eigenvalue weighted by Crippen LogP contribution is -2.28. The molecule has 0 N–H and O–H groups in total. The first-order valence-corrected chi connectivity index (χ1v) is 6.24. The molecule has 0 bridgehead atoms. The molecule has 92 valence electrons. The van der Waals surface area contributed by atoms with E-state index in [1.165, 1.54) is 6.33 Å². The second-order valence-corrected chi connectivity index (χ2v) is 5.17. The molecule has 3 rings (SSSR count). The van der Waals surface area contributed by atoms with Crippen molar-refractivity contribution in [2.75, 3.05) is 0 Å². The van der Waals surface area contributed by atoms with Gasteiger partial charge in [0.05, 0.1) is 5.02 Å². The molecule has 1 aromatic heterocycles. The normalized spacial score (nSPS) is 16.6. The summed E-state index contributed by atoms with van der Waals surface area (Å²) in [5.41, 5.74) is -0.123. The van der Waals surface area contributed by atoms with Crippen LogP contribution in [-0.4, -0.2) is 20.5 Å². The van der Waals surface area contributed by atoms with Crippen molar-refractivity contribution in [1.29, 1.82) is 0 Å². The Morgan fingerprint density at radius 1 is 1.33 bits per heavy atom. The highest BCUT2D eigenvalue weighted by molar-refractivity contribution is 6.37. The molecule has 0 unspecified atom stereocenters. The van der Waals surface area contributed by atoms with Crippen molar-refractivity contribution < 1.29 is 4.79 Å². The first-order chi connectivity index (χ1) is 8.63. The minimum Gasteiger partial charge on any atom is -0.291 e. The van der Waals surface area contributed by atoms with Crippen LogP contribution in [0.25, 0.3) is 0 Å². The van der Waals surface area contributed by atoms with E-state index in [1.54, 1.807) is 29.2 Å². The molecule has 0 aliphatic heterocycles. The van der Waals surface area contributed by atoms with Gasteiger partial charge in [0.2, 0.25) is 0 Å². The maximum atomic E-state index is 12.5. The second kappa shape index (κ2) is 4.07. The molecule has 1 aliphatic rings. The van der Waals surface area contributed by atoms with Crippen LogP contribution in [0.5, 0.6) is 0 Å². The summed E-state index contributed by atoms with van der Waals surface area (Å²) >= 11 is 11.9. The smallest absolute Gasteiger partial charge is 0.191 e. The van der Waals surface area contributed by atoms with Gasteiger partial charge in [-0.05, 0) is 31.0 Å². The molecule has 0 saturated heterocycles. The molecular weight excluding hydrogens is 273 g/mol. The zero-order chi connectivity index (χ0) is 12.8. The highest BCUT2D eigenvalue weighted by Crippen LogP contribution is 2.46. The molecule has 1 aliphatic carbocycles. The minimum atomic E-state index is -0.603. The van der Waals surface area contributed by atoms with E-state index in [0.717, 1.165) is 12.8 Å². The zero-order valence-electron chi connectivity index (χ0n) is 9.31. The summed E-state index contributed by atoms with van der Waals surface area (Å²) < 4.78 is 1.61. The lowest BCUT2D eigenvalue weighted by atomic mass is 10.0. The number of carbonyl (C=O) groups is 1. The Balaban J connectivity index is 2.01. The SMILES string of the molecule is O=C(c1ccc(Cl)cc1Cl)C1(n2cncn2)CC1. The number of ketones is 1. The fourth-order valence-corrected chi connectivity index (χ4v) is 2.53. The van der Waals surface area contributed by atoms with Crippen LogP contribution >= 0.6 is 23.2 Å². The fraction of sp³-hybridized carbons (Fsp3) is 0.250. The van der Waals surface area contributed by atoms with Gasteiger partial charge in [-0.15, -0.1) is 0 Å². The van der Waals surface area contributed by atoms with Crippen molar-refractivity contribution in [3.8, 4) is 0 Å². The molecule has 2 aromatic rings. The molecule has 1 heterocycles. The standard InChI is InChI=1S/C12H9Cl2N3O/c13-8-1-2-9(10(14)5-8)11(18)12(3-4-12)17-7-15-6-16-17/h1-2,5-7H,3-4H2. The third-order valence-corrected chi connectivity index (χ3v) is 3.73. The van der Waals surface area contributed by atoms with Crippen LogP contribution < -0.4 is 0 Å². The van der Waals surface area contributed by atoms with Gasteiger partial charge >= 0.3 is 0 Å². The lowest BCUT2D eigenvalue weighted by molar-refractivity contribution is 0.0896. The molecular formula is C12H9Cl2N3O. The third kappa shape index (κ3) is 1.72. The highest BCUT2D eigenvalue weighted by atomic mass is 35.5. The molecule has 18 heavy (non-hydrogen) atoms. The van der Waals surface area contributed by atoms with Crippen molar-refractivity contribution >= 4 is 29.0 Å². The number of hydrogen-bond acceptors (Lipinski definition) is 3. The Kier molecular flexibility index (Phi) is 2.64. The maximum Gasteiger partial charge on any atom is 0.191 e. The Labute approximate surface area is 114 Å². The van der Waals surface area contributed by atoms with Crippen LogP contribution in [0.1, 0.15) is 23.2 Å². The predicted molar refractivity (Wildman–Crippen MR) is 68.0 cm³/mol. The summed E-state index contributed by atoms with van der Waals surface area (Å²) in [6.45, 7) is 0. The first-order valence-electron chi connectivity index (χ1n) is 5.48. The van der Waals surface area contributed by atoms with Crippen LogP contribution in [0.4, 0.5) is 0 Å². The Morgan fingerprint density at radius 2 is 2.11 bits per heavy atom. The van der Waals surface area contributed by atoms with Crippen LogP contribution in [0.2, 0.25) is 10.0 Å². The van der Waals surface area contributed by atoms with E-state index in [1.807, 2.05) is 0 Å². The van der Waals surface area contributed by atoms with Gasteiger partial charge in [0.15, 0.2) is 5.78 Å². The minimum absolute atomic E-state index is 0.0327. The Bertz CT molecular complexity index is 606. The van der Waals surface area contributed by atoms with E-state index in [4.69, 9.17) is 23.2 Å². The summed E-state index contributed by atoms with van der Waals surface area (Å²) in [5.74, 6) is -0.0327. The average molecular weight is 282 g/mol. The Hall–Kier alpha value is -1.39. The molecule has 0 amide bonds.